The zero-order chi connectivity index (χ0) is 37.1. The second kappa shape index (κ2) is 19.8. The van der Waals surface area contributed by atoms with Crippen LogP contribution in [0.4, 0.5) is 0 Å². The number of esters is 1. The van der Waals surface area contributed by atoms with Gasteiger partial charge in [-0.1, -0.05) is 39.5 Å². The molecule has 294 valence electrons. The van der Waals surface area contributed by atoms with Crippen molar-refractivity contribution in [1.82, 2.24) is 0 Å². The summed E-state index contributed by atoms with van der Waals surface area (Å²) in [5.41, 5.74) is 0.127. The Balaban J connectivity index is 0.967. The molecule has 0 spiro atoms. The smallest absolute Gasteiger partial charge is 0.310 e. The van der Waals surface area contributed by atoms with Crippen molar-refractivity contribution in [1.29, 1.82) is 0 Å². The van der Waals surface area contributed by atoms with Gasteiger partial charge in [-0.15, -0.1) is 0 Å². The first-order chi connectivity index (χ1) is 25.0. The minimum absolute atomic E-state index is 0.0112. The average Bonchev–Trinajstić information content (AvgIpc) is 3.14. The van der Waals surface area contributed by atoms with E-state index in [1.54, 1.807) is 0 Å². The highest BCUT2D eigenvalue weighted by molar-refractivity contribution is 5.81. The molecule has 0 bridgehead atoms. The first-order valence-electron chi connectivity index (χ1n) is 20.3. The minimum atomic E-state index is -1.01. The Kier molecular flexibility index (Phi) is 15.5. The van der Waals surface area contributed by atoms with E-state index in [9.17, 15) is 24.6 Å². The van der Waals surface area contributed by atoms with Crippen molar-refractivity contribution in [2.24, 2.45) is 40.9 Å². The molecule has 0 amide bonds. The predicted octanol–water partition coefficient (Wildman–Crippen LogP) is 7.33. The van der Waals surface area contributed by atoms with Gasteiger partial charge in [0.15, 0.2) is 0 Å². The lowest BCUT2D eigenvalue weighted by atomic mass is 9.60. The fourth-order valence-electron chi connectivity index (χ4n) is 10.0. The lowest BCUT2D eigenvalue weighted by molar-refractivity contribution is -0.338. The topological polar surface area (TPSA) is 147 Å². The van der Waals surface area contributed by atoms with Crippen molar-refractivity contribution in [2.45, 2.75) is 166 Å². The molecule has 6 unspecified atom stereocenters. The van der Waals surface area contributed by atoms with Crippen molar-refractivity contribution < 1.29 is 53.3 Å². The summed E-state index contributed by atoms with van der Waals surface area (Å²) in [5.74, 6) is -3.25. The van der Waals surface area contributed by atoms with Crippen LogP contribution in [0.15, 0.2) is 0 Å². The largest absolute Gasteiger partial charge is 0.481 e. The molecule has 0 aromatic carbocycles. The molecule has 0 aromatic heterocycles. The van der Waals surface area contributed by atoms with Crippen molar-refractivity contribution in [3.8, 4) is 12.5 Å². The third-order valence-corrected chi connectivity index (χ3v) is 13.5. The summed E-state index contributed by atoms with van der Waals surface area (Å²) >= 11 is 0. The first-order valence-corrected chi connectivity index (χ1v) is 20.3. The van der Waals surface area contributed by atoms with Gasteiger partial charge in [-0.3, -0.25) is 14.4 Å². The number of carboxylic acids is 2. The molecular formula is C41H64O11. The number of aliphatic carboxylic acids is 2. The third kappa shape index (κ3) is 11.3. The van der Waals surface area contributed by atoms with Crippen LogP contribution in [0.25, 0.3) is 0 Å². The molecule has 0 saturated heterocycles. The highest BCUT2D eigenvalue weighted by Gasteiger charge is 2.44. The van der Waals surface area contributed by atoms with E-state index < -0.39 is 35.7 Å². The van der Waals surface area contributed by atoms with E-state index in [4.69, 9.17) is 35.1 Å². The van der Waals surface area contributed by atoms with Crippen molar-refractivity contribution in [3.63, 3.8) is 0 Å². The maximum Gasteiger partial charge on any atom is 0.310 e. The van der Waals surface area contributed by atoms with Gasteiger partial charge in [0, 0.05) is 0 Å². The molecule has 0 radical (unpaired) electrons. The summed E-state index contributed by atoms with van der Waals surface area (Å²) in [6.07, 6.45) is 23.8. The van der Waals surface area contributed by atoms with Crippen molar-refractivity contribution >= 4 is 17.9 Å². The molecule has 52 heavy (non-hydrogen) atoms. The van der Waals surface area contributed by atoms with E-state index in [1.165, 1.54) is 19.3 Å². The molecule has 5 aliphatic carbocycles. The van der Waals surface area contributed by atoms with Crippen LogP contribution in [0.3, 0.4) is 0 Å². The molecule has 11 heteroatoms. The fraction of sp³-hybridized carbons (Fsp3) is 0.878. The van der Waals surface area contributed by atoms with Crippen LogP contribution >= 0.6 is 0 Å². The van der Waals surface area contributed by atoms with Gasteiger partial charge >= 0.3 is 17.9 Å². The van der Waals surface area contributed by atoms with Crippen LogP contribution in [0.2, 0.25) is 0 Å². The van der Waals surface area contributed by atoms with Crippen LogP contribution in [0, 0.1) is 53.5 Å². The molecule has 5 saturated carbocycles. The summed E-state index contributed by atoms with van der Waals surface area (Å²) in [6.45, 7) is 6.11. The van der Waals surface area contributed by atoms with Gasteiger partial charge in [-0.25, -0.2) is 9.78 Å². The quantitative estimate of drug-likeness (QED) is 0.0540. The Labute approximate surface area is 310 Å². The minimum Gasteiger partial charge on any atom is -0.481 e. The number of ether oxygens (including phenoxy) is 4. The Bertz CT molecular complexity index is 1180. The Morgan fingerprint density at radius 1 is 0.635 bits per heavy atom. The highest BCUT2D eigenvalue weighted by Crippen LogP contribution is 2.49. The van der Waals surface area contributed by atoms with E-state index in [0.29, 0.717) is 50.4 Å². The van der Waals surface area contributed by atoms with Crippen LogP contribution in [0.5, 0.6) is 0 Å². The Morgan fingerprint density at radius 3 is 1.81 bits per heavy atom. The highest BCUT2D eigenvalue weighted by atomic mass is 17.2. The molecular weight excluding hydrogens is 668 g/mol. The van der Waals surface area contributed by atoms with Gasteiger partial charge in [0.1, 0.15) is 18.3 Å². The zero-order valence-electron chi connectivity index (χ0n) is 31.6. The number of terminal acetylenes is 1. The van der Waals surface area contributed by atoms with E-state index in [0.717, 1.165) is 77.0 Å². The maximum atomic E-state index is 13.1. The van der Waals surface area contributed by atoms with Crippen molar-refractivity contribution in [2.75, 3.05) is 19.8 Å². The van der Waals surface area contributed by atoms with Gasteiger partial charge in [-0.2, -0.15) is 0 Å². The second-order valence-corrected chi connectivity index (χ2v) is 16.9. The summed E-state index contributed by atoms with van der Waals surface area (Å²) < 4.78 is 23.1. The number of carbonyl (C=O) groups is 3. The van der Waals surface area contributed by atoms with Crippen LogP contribution in [0.1, 0.15) is 136 Å². The number of carboxylic acid groups (broad SMARTS) is 2. The number of hydrogen-bond donors (Lipinski definition) is 2. The molecule has 5 aliphatic rings. The van der Waals surface area contributed by atoms with Gasteiger partial charge < -0.3 is 29.2 Å². The summed E-state index contributed by atoms with van der Waals surface area (Å²) in [7, 11) is 0. The molecule has 0 aliphatic heterocycles. The molecule has 11 nitrogen and oxygen atoms in total. The first kappa shape index (κ1) is 40.8. The second-order valence-electron chi connectivity index (χ2n) is 16.9. The number of rotatable bonds is 16. The lowest BCUT2D eigenvalue weighted by Crippen LogP contribution is -2.41. The SMILES string of the molecule is C#COC1CCC(C(=O)OC2CCC(C(C)(C)C3CCC(OOCC4CCC(OCCOC5CCCCC5)CC4C(=O)O)CC3)CC2)C(C(=O)O)C1. The molecule has 5 fully saturated rings. The van der Waals surface area contributed by atoms with Crippen LogP contribution < -0.4 is 0 Å². The Morgan fingerprint density at radius 2 is 1.19 bits per heavy atom. The standard InChI is InChI=1S/C41H64O11/c1-4-47-33-20-21-35(37(25-33)39(44)45)40(46)51-31-16-11-28(12-17-31)41(2,3)29-13-18-32(19-14-29)52-50-26-27-10-15-34(24-36(27)38(42)43)49-23-22-48-30-8-6-5-7-9-30/h1,27-37H,5-26H2,2-3H3,(H,42,43)(H,44,45). The van der Waals surface area contributed by atoms with Gasteiger partial charge in [-0.05, 0) is 126 Å². The van der Waals surface area contributed by atoms with Crippen LogP contribution in [-0.2, 0) is 43.1 Å². The summed E-state index contributed by atoms with van der Waals surface area (Å²) in [6, 6.07) is 0. The van der Waals surface area contributed by atoms with E-state index in [1.807, 2.05) is 0 Å². The predicted molar refractivity (Wildman–Crippen MR) is 192 cm³/mol. The van der Waals surface area contributed by atoms with Gasteiger partial charge in [0.25, 0.3) is 0 Å². The van der Waals surface area contributed by atoms with Gasteiger partial charge in [0.05, 0.1) is 55.9 Å². The summed E-state index contributed by atoms with van der Waals surface area (Å²) in [5, 5.41) is 19.7. The average molecular weight is 733 g/mol. The van der Waals surface area contributed by atoms with E-state index in [2.05, 4.69) is 20.0 Å². The Hall–Kier alpha value is -2.39. The number of hydrogen-bond acceptors (Lipinski definition) is 9. The third-order valence-electron chi connectivity index (χ3n) is 13.5. The van der Waals surface area contributed by atoms with Crippen LogP contribution in [-0.4, -0.2) is 78.5 Å². The van der Waals surface area contributed by atoms with E-state index in [-0.39, 0.29) is 48.8 Å². The lowest BCUT2D eigenvalue weighted by Gasteiger charge is -2.46. The maximum absolute atomic E-state index is 13.1. The molecule has 0 heterocycles. The molecule has 2 N–H and O–H groups in total. The summed E-state index contributed by atoms with van der Waals surface area (Å²) in [4.78, 5) is 48.8. The van der Waals surface area contributed by atoms with Crippen molar-refractivity contribution in [3.05, 3.63) is 0 Å². The zero-order valence-corrected chi connectivity index (χ0v) is 31.6. The molecule has 6 atom stereocenters. The fourth-order valence-corrected chi connectivity index (χ4v) is 10.0. The molecule has 5 rings (SSSR count). The monoisotopic (exact) mass is 732 g/mol. The van der Waals surface area contributed by atoms with Gasteiger partial charge in [0.2, 0.25) is 0 Å². The number of carbonyl (C=O) groups excluding carboxylic acids is 1. The van der Waals surface area contributed by atoms with E-state index >= 15 is 0 Å². The molecule has 0 aromatic rings. The normalized spacial score (nSPS) is 34.9.